The summed E-state index contributed by atoms with van der Waals surface area (Å²) in [6.45, 7) is 3.68. The lowest BCUT2D eigenvalue weighted by Gasteiger charge is -1.92. The molecule has 0 aromatic carbocycles. The molecule has 0 fully saturated rings. The van der Waals surface area contributed by atoms with Crippen LogP contribution in [0.15, 0.2) is 14.9 Å². The Labute approximate surface area is 104 Å². The van der Waals surface area contributed by atoms with Gasteiger partial charge in [-0.3, -0.25) is 4.79 Å². The number of furan rings is 1. The standard InChI is InChI=1S/C12H14N2O4/c1-7-6-9(8(2)17-7)12-14-13-10(18-12)4-3-5-11(15)16/h6H,3-5H2,1-2H3,(H,15,16). The molecule has 2 rings (SSSR count). The van der Waals surface area contributed by atoms with Gasteiger partial charge in [0.15, 0.2) is 0 Å². The first-order valence-corrected chi connectivity index (χ1v) is 5.68. The van der Waals surface area contributed by atoms with E-state index >= 15 is 0 Å². The zero-order valence-corrected chi connectivity index (χ0v) is 10.3. The summed E-state index contributed by atoms with van der Waals surface area (Å²) in [5, 5.41) is 16.4. The third kappa shape index (κ3) is 2.77. The highest BCUT2D eigenvalue weighted by atomic mass is 16.4. The number of carboxylic acid groups (broad SMARTS) is 1. The van der Waals surface area contributed by atoms with Crippen molar-refractivity contribution in [3.8, 4) is 11.5 Å². The average molecular weight is 250 g/mol. The summed E-state index contributed by atoms with van der Waals surface area (Å²) in [5.41, 5.74) is 0.782. The van der Waals surface area contributed by atoms with Crippen molar-refractivity contribution in [2.24, 2.45) is 0 Å². The second-order valence-electron chi connectivity index (χ2n) is 4.08. The van der Waals surface area contributed by atoms with Gasteiger partial charge in [-0.1, -0.05) is 0 Å². The average Bonchev–Trinajstić information content (AvgIpc) is 2.85. The van der Waals surface area contributed by atoms with Crippen molar-refractivity contribution in [2.45, 2.75) is 33.1 Å². The quantitative estimate of drug-likeness (QED) is 0.876. The lowest BCUT2D eigenvalue weighted by Crippen LogP contribution is -1.95. The number of carbonyl (C=O) groups is 1. The first-order chi connectivity index (χ1) is 8.56. The van der Waals surface area contributed by atoms with E-state index in [0.29, 0.717) is 24.6 Å². The molecule has 0 radical (unpaired) electrons. The Kier molecular flexibility index (Phi) is 3.45. The lowest BCUT2D eigenvalue weighted by atomic mass is 10.2. The van der Waals surface area contributed by atoms with Crippen molar-refractivity contribution >= 4 is 5.97 Å². The van der Waals surface area contributed by atoms with Crippen molar-refractivity contribution < 1.29 is 18.7 Å². The molecule has 0 atom stereocenters. The molecule has 0 unspecified atom stereocenters. The van der Waals surface area contributed by atoms with Gasteiger partial charge in [-0.05, 0) is 26.3 Å². The van der Waals surface area contributed by atoms with Crippen LogP contribution < -0.4 is 0 Å². The fraction of sp³-hybridized carbons (Fsp3) is 0.417. The summed E-state index contributed by atoms with van der Waals surface area (Å²) < 4.78 is 10.9. The first-order valence-electron chi connectivity index (χ1n) is 5.68. The number of aryl methyl sites for hydroxylation is 3. The maximum Gasteiger partial charge on any atom is 0.303 e. The highest BCUT2D eigenvalue weighted by molar-refractivity contribution is 5.66. The van der Waals surface area contributed by atoms with Crippen LogP contribution in [0, 0.1) is 13.8 Å². The summed E-state index contributed by atoms with van der Waals surface area (Å²) in [4.78, 5) is 10.4. The van der Waals surface area contributed by atoms with Crippen LogP contribution in [-0.2, 0) is 11.2 Å². The number of rotatable bonds is 5. The van der Waals surface area contributed by atoms with Gasteiger partial charge in [0.25, 0.3) is 5.89 Å². The minimum absolute atomic E-state index is 0.0988. The lowest BCUT2D eigenvalue weighted by molar-refractivity contribution is -0.137. The van der Waals surface area contributed by atoms with E-state index < -0.39 is 5.97 Å². The Morgan fingerprint density at radius 3 is 2.72 bits per heavy atom. The van der Waals surface area contributed by atoms with Crippen molar-refractivity contribution in [2.75, 3.05) is 0 Å². The third-order valence-electron chi connectivity index (χ3n) is 2.52. The van der Waals surface area contributed by atoms with Crippen molar-refractivity contribution in [1.82, 2.24) is 10.2 Å². The molecule has 2 aromatic heterocycles. The zero-order valence-electron chi connectivity index (χ0n) is 10.3. The van der Waals surface area contributed by atoms with E-state index in [1.807, 2.05) is 19.9 Å². The van der Waals surface area contributed by atoms with Gasteiger partial charge in [0.05, 0.1) is 5.56 Å². The molecule has 0 saturated carbocycles. The summed E-state index contributed by atoms with van der Waals surface area (Å²) in [7, 11) is 0. The molecule has 2 heterocycles. The third-order valence-corrected chi connectivity index (χ3v) is 2.52. The smallest absolute Gasteiger partial charge is 0.303 e. The second-order valence-corrected chi connectivity index (χ2v) is 4.08. The molecule has 96 valence electrons. The predicted molar refractivity (Wildman–Crippen MR) is 62.0 cm³/mol. The Hall–Kier alpha value is -2.11. The van der Waals surface area contributed by atoms with Crippen molar-refractivity contribution in [3.63, 3.8) is 0 Å². The molecule has 0 saturated heterocycles. The van der Waals surface area contributed by atoms with Crippen LogP contribution >= 0.6 is 0 Å². The molecule has 0 aliphatic rings. The van der Waals surface area contributed by atoms with Gasteiger partial charge < -0.3 is 13.9 Å². The molecule has 0 aliphatic heterocycles. The maximum atomic E-state index is 10.4. The number of aromatic nitrogens is 2. The van der Waals surface area contributed by atoms with Crippen LogP contribution in [0.25, 0.3) is 11.5 Å². The first kappa shape index (κ1) is 12.3. The van der Waals surface area contributed by atoms with Gasteiger partial charge in [0.2, 0.25) is 5.89 Å². The number of nitrogens with zero attached hydrogens (tertiary/aromatic N) is 2. The normalized spacial score (nSPS) is 10.8. The summed E-state index contributed by atoms with van der Waals surface area (Å²) >= 11 is 0. The fourth-order valence-electron chi connectivity index (χ4n) is 1.70. The van der Waals surface area contributed by atoms with Crippen molar-refractivity contribution in [1.29, 1.82) is 0 Å². The SMILES string of the molecule is Cc1cc(-c2nnc(CCCC(=O)O)o2)c(C)o1. The number of hydrogen-bond acceptors (Lipinski definition) is 5. The monoisotopic (exact) mass is 250 g/mol. The van der Waals surface area contributed by atoms with E-state index in [-0.39, 0.29) is 6.42 Å². The van der Waals surface area contributed by atoms with Gasteiger partial charge in [-0.2, -0.15) is 0 Å². The van der Waals surface area contributed by atoms with Gasteiger partial charge in [-0.15, -0.1) is 10.2 Å². The molecule has 0 bridgehead atoms. The fourth-order valence-corrected chi connectivity index (χ4v) is 1.70. The summed E-state index contributed by atoms with van der Waals surface area (Å²) in [6, 6.07) is 1.84. The minimum Gasteiger partial charge on any atom is -0.481 e. The molecule has 18 heavy (non-hydrogen) atoms. The van der Waals surface area contributed by atoms with E-state index in [1.54, 1.807) is 0 Å². The number of hydrogen-bond donors (Lipinski definition) is 1. The molecular formula is C12H14N2O4. The predicted octanol–water partition coefficient (Wildman–Crippen LogP) is 2.35. The maximum absolute atomic E-state index is 10.4. The Morgan fingerprint density at radius 1 is 1.33 bits per heavy atom. The minimum atomic E-state index is -0.823. The van der Waals surface area contributed by atoms with Gasteiger partial charge in [0.1, 0.15) is 11.5 Å². The molecule has 0 amide bonds. The number of carboxylic acids is 1. The van der Waals surface area contributed by atoms with Gasteiger partial charge >= 0.3 is 5.97 Å². The van der Waals surface area contributed by atoms with Gasteiger partial charge in [0, 0.05) is 12.8 Å². The molecule has 0 aliphatic carbocycles. The summed E-state index contributed by atoms with van der Waals surface area (Å²) in [6.07, 6.45) is 1.05. The van der Waals surface area contributed by atoms with E-state index in [1.165, 1.54) is 0 Å². The molecule has 6 heteroatoms. The second kappa shape index (κ2) is 5.03. The largest absolute Gasteiger partial charge is 0.481 e. The van der Waals surface area contributed by atoms with Crippen molar-refractivity contribution in [3.05, 3.63) is 23.5 Å². The van der Waals surface area contributed by atoms with Crippen LogP contribution in [0.5, 0.6) is 0 Å². The molecule has 1 N–H and O–H groups in total. The van der Waals surface area contributed by atoms with Gasteiger partial charge in [-0.25, -0.2) is 0 Å². The topological polar surface area (TPSA) is 89.4 Å². The van der Waals surface area contributed by atoms with E-state index in [0.717, 1.165) is 17.1 Å². The molecule has 2 aromatic rings. The summed E-state index contributed by atoms with van der Waals surface area (Å²) in [5.74, 6) is 1.55. The zero-order chi connectivity index (χ0) is 13.1. The van der Waals surface area contributed by atoms with Crippen LogP contribution in [0.2, 0.25) is 0 Å². The molecule has 0 spiro atoms. The van der Waals surface area contributed by atoms with E-state index in [9.17, 15) is 4.79 Å². The van der Waals surface area contributed by atoms with Crippen LogP contribution in [-0.4, -0.2) is 21.3 Å². The molecular weight excluding hydrogens is 236 g/mol. The van der Waals surface area contributed by atoms with Crippen LogP contribution in [0.4, 0.5) is 0 Å². The van der Waals surface area contributed by atoms with E-state index in [2.05, 4.69) is 10.2 Å². The Morgan fingerprint density at radius 2 is 2.11 bits per heavy atom. The van der Waals surface area contributed by atoms with Crippen LogP contribution in [0.3, 0.4) is 0 Å². The van der Waals surface area contributed by atoms with Crippen LogP contribution in [0.1, 0.15) is 30.3 Å². The number of aliphatic carboxylic acids is 1. The molecule has 6 nitrogen and oxygen atoms in total. The Balaban J connectivity index is 2.06. The highest BCUT2D eigenvalue weighted by Crippen LogP contribution is 2.25. The Bertz CT molecular complexity index is 556. The van der Waals surface area contributed by atoms with E-state index in [4.69, 9.17) is 13.9 Å². The highest BCUT2D eigenvalue weighted by Gasteiger charge is 2.14.